The number of nitrogens with one attached hydrogen (secondary N) is 1. The monoisotopic (exact) mass is 255 g/mol. The van der Waals surface area contributed by atoms with Crippen LogP contribution in [0.15, 0.2) is 0 Å². The summed E-state index contributed by atoms with van der Waals surface area (Å²) in [6, 6.07) is 1.06. The molecule has 4 heteroatoms. The molecular formula is C14H29N3O. The molecular weight excluding hydrogens is 226 g/mol. The molecule has 4 N–H and O–H groups in total. The molecule has 0 aromatic carbocycles. The molecule has 0 saturated carbocycles. The number of fused-ring (bicyclic) bond motifs is 1. The minimum Gasteiger partial charge on any atom is -0.393 e. The van der Waals surface area contributed by atoms with Gasteiger partial charge in [0.2, 0.25) is 0 Å². The summed E-state index contributed by atoms with van der Waals surface area (Å²) in [6.45, 7) is 7.17. The van der Waals surface area contributed by atoms with Gasteiger partial charge in [-0.25, -0.2) is 0 Å². The molecule has 2 heterocycles. The topological polar surface area (TPSA) is 61.5 Å². The van der Waals surface area contributed by atoms with E-state index in [2.05, 4.69) is 17.1 Å². The zero-order valence-corrected chi connectivity index (χ0v) is 11.9. The summed E-state index contributed by atoms with van der Waals surface area (Å²) < 4.78 is 0. The summed E-state index contributed by atoms with van der Waals surface area (Å²) in [4.78, 5) is 2.62. The zero-order chi connectivity index (χ0) is 13.2. The number of nitrogens with zero attached hydrogens (tertiary/aromatic N) is 1. The van der Waals surface area contributed by atoms with E-state index < -0.39 is 0 Å². The van der Waals surface area contributed by atoms with Gasteiger partial charge in [-0.1, -0.05) is 0 Å². The van der Waals surface area contributed by atoms with Gasteiger partial charge in [-0.05, 0) is 52.5 Å². The first-order chi connectivity index (χ1) is 8.54. The maximum absolute atomic E-state index is 9.48. The molecule has 4 nitrogen and oxygen atoms in total. The van der Waals surface area contributed by atoms with Crippen molar-refractivity contribution in [3.63, 3.8) is 0 Å². The number of aliphatic hydroxyl groups is 1. The number of nitrogens with two attached hydrogens (primary N) is 1. The Balaban J connectivity index is 1.93. The number of piperidine rings is 1. The molecule has 0 aromatic rings. The average Bonchev–Trinajstić information content (AvgIpc) is 2.74. The highest BCUT2D eigenvalue weighted by Gasteiger charge is 2.41. The Labute approximate surface area is 111 Å². The Hall–Kier alpha value is -0.160. The van der Waals surface area contributed by atoms with Crippen LogP contribution in [0.1, 0.15) is 46.0 Å². The van der Waals surface area contributed by atoms with Gasteiger partial charge in [0, 0.05) is 30.7 Å². The maximum Gasteiger partial charge on any atom is 0.0526 e. The van der Waals surface area contributed by atoms with E-state index in [4.69, 9.17) is 5.73 Å². The van der Waals surface area contributed by atoms with Crippen LogP contribution in [-0.2, 0) is 0 Å². The van der Waals surface area contributed by atoms with Gasteiger partial charge in [0.15, 0.2) is 0 Å². The lowest BCUT2D eigenvalue weighted by Crippen LogP contribution is -2.61. The highest BCUT2D eigenvalue weighted by Crippen LogP contribution is 2.33. The smallest absolute Gasteiger partial charge is 0.0526 e. The van der Waals surface area contributed by atoms with Crippen molar-refractivity contribution in [2.24, 2.45) is 5.73 Å². The van der Waals surface area contributed by atoms with Crippen molar-refractivity contribution >= 4 is 0 Å². The summed E-state index contributed by atoms with van der Waals surface area (Å²) in [5.41, 5.74) is 6.15. The van der Waals surface area contributed by atoms with Gasteiger partial charge in [-0.2, -0.15) is 0 Å². The molecule has 2 aliphatic rings. The third-order valence-electron chi connectivity index (χ3n) is 4.64. The Bertz CT molecular complexity index is 272. The Morgan fingerprint density at radius 1 is 1.44 bits per heavy atom. The van der Waals surface area contributed by atoms with Gasteiger partial charge in [-0.15, -0.1) is 0 Å². The highest BCUT2D eigenvalue weighted by molar-refractivity contribution is 5.01. The molecule has 0 aromatic heterocycles. The van der Waals surface area contributed by atoms with Gasteiger partial charge >= 0.3 is 0 Å². The molecule has 4 unspecified atom stereocenters. The normalized spacial score (nSPS) is 36.3. The minimum atomic E-state index is -0.242. The van der Waals surface area contributed by atoms with Gasteiger partial charge in [-0.3, -0.25) is 0 Å². The quantitative estimate of drug-likeness (QED) is 0.676. The van der Waals surface area contributed by atoms with Crippen LogP contribution in [-0.4, -0.2) is 53.4 Å². The lowest BCUT2D eigenvalue weighted by molar-refractivity contribution is 0.0929. The molecule has 106 valence electrons. The van der Waals surface area contributed by atoms with E-state index in [0.717, 1.165) is 18.9 Å². The lowest BCUT2D eigenvalue weighted by Gasteiger charge is -2.46. The largest absolute Gasteiger partial charge is 0.393 e. The first kappa shape index (κ1) is 14.3. The summed E-state index contributed by atoms with van der Waals surface area (Å²) in [7, 11) is 0. The molecule has 18 heavy (non-hydrogen) atoms. The molecule has 0 radical (unpaired) electrons. The Kier molecular flexibility index (Phi) is 4.64. The zero-order valence-electron chi connectivity index (χ0n) is 11.9. The minimum absolute atomic E-state index is 0.0970. The average molecular weight is 255 g/mol. The number of rotatable bonds is 5. The van der Waals surface area contributed by atoms with Crippen molar-refractivity contribution in [1.29, 1.82) is 0 Å². The van der Waals surface area contributed by atoms with E-state index >= 15 is 0 Å². The molecule has 0 amide bonds. The van der Waals surface area contributed by atoms with E-state index in [9.17, 15) is 5.11 Å². The van der Waals surface area contributed by atoms with E-state index in [1.807, 2.05) is 6.92 Å². The van der Waals surface area contributed by atoms with Crippen LogP contribution in [0.25, 0.3) is 0 Å². The molecule has 4 atom stereocenters. The standard InChI is InChI=1S/C14H29N3O/c1-11(8-12(2)18)16-14(10-15)5-7-17-6-3-4-13(17)9-14/h11-13,16,18H,3-10,15H2,1-2H3. The van der Waals surface area contributed by atoms with Gasteiger partial charge in [0.25, 0.3) is 0 Å². The second-order valence-corrected chi connectivity index (χ2v) is 6.40. The van der Waals surface area contributed by atoms with Crippen LogP contribution in [0.4, 0.5) is 0 Å². The molecule has 0 bridgehead atoms. The van der Waals surface area contributed by atoms with Crippen LogP contribution < -0.4 is 11.1 Å². The van der Waals surface area contributed by atoms with Gasteiger partial charge in [0.05, 0.1) is 6.10 Å². The molecule has 2 aliphatic heterocycles. The maximum atomic E-state index is 9.48. The van der Waals surface area contributed by atoms with Crippen LogP contribution in [0, 0.1) is 0 Å². The molecule has 2 rings (SSSR count). The SMILES string of the molecule is CC(O)CC(C)NC1(CN)CCN2CCCC2C1. The predicted octanol–water partition coefficient (Wildman–Crippen LogP) is 0.691. The third-order valence-corrected chi connectivity index (χ3v) is 4.64. The second kappa shape index (κ2) is 5.87. The molecule has 0 aliphatic carbocycles. The fourth-order valence-corrected chi connectivity index (χ4v) is 3.80. The number of hydrogen-bond acceptors (Lipinski definition) is 4. The first-order valence-corrected chi connectivity index (χ1v) is 7.44. The summed E-state index contributed by atoms with van der Waals surface area (Å²) in [5.74, 6) is 0. The Morgan fingerprint density at radius 2 is 2.22 bits per heavy atom. The highest BCUT2D eigenvalue weighted by atomic mass is 16.3. The van der Waals surface area contributed by atoms with Crippen LogP contribution in [0.5, 0.6) is 0 Å². The van der Waals surface area contributed by atoms with E-state index in [0.29, 0.717) is 12.6 Å². The van der Waals surface area contributed by atoms with Gasteiger partial charge in [0.1, 0.15) is 0 Å². The second-order valence-electron chi connectivity index (χ2n) is 6.40. The van der Waals surface area contributed by atoms with E-state index in [1.54, 1.807) is 0 Å². The van der Waals surface area contributed by atoms with Crippen molar-refractivity contribution in [2.45, 2.75) is 69.7 Å². The van der Waals surface area contributed by atoms with Gasteiger partial charge < -0.3 is 21.1 Å². The lowest BCUT2D eigenvalue weighted by atomic mass is 9.82. The van der Waals surface area contributed by atoms with Crippen molar-refractivity contribution in [3.8, 4) is 0 Å². The van der Waals surface area contributed by atoms with Crippen LogP contribution in [0.3, 0.4) is 0 Å². The summed E-state index contributed by atoms with van der Waals surface area (Å²) in [5, 5.41) is 13.2. The summed E-state index contributed by atoms with van der Waals surface area (Å²) in [6.07, 6.45) is 5.55. The molecule has 0 spiro atoms. The van der Waals surface area contributed by atoms with Crippen molar-refractivity contribution < 1.29 is 5.11 Å². The van der Waals surface area contributed by atoms with Crippen molar-refractivity contribution in [1.82, 2.24) is 10.2 Å². The fraction of sp³-hybridized carbons (Fsp3) is 1.00. The predicted molar refractivity (Wildman–Crippen MR) is 74.5 cm³/mol. The molecule has 2 saturated heterocycles. The first-order valence-electron chi connectivity index (χ1n) is 7.44. The van der Waals surface area contributed by atoms with Crippen molar-refractivity contribution in [2.75, 3.05) is 19.6 Å². The number of aliphatic hydroxyl groups excluding tert-OH is 1. The third kappa shape index (κ3) is 3.23. The fourth-order valence-electron chi connectivity index (χ4n) is 3.80. The Morgan fingerprint density at radius 3 is 2.89 bits per heavy atom. The van der Waals surface area contributed by atoms with E-state index in [-0.39, 0.29) is 11.6 Å². The van der Waals surface area contributed by atoms with Crippen LogP contribution >= 0.6 is 0 Å². The van der Waals surface area contributed by atoms with Crippen molar-refractivity contribution in [3.05, 3.63) is 0 Å². The van der Waals surface area contributed by atoms with Crippen LogP contribution in [0.2, 0.25) is 0 Å². The summed E-state index contributed by atoms with van der Waals surface area (Å²) >= 11 is 0. The molecule has 2 fully saturated rings. The van der Waals surface area contributed by atoms with E-state index in [1.165, 1.54) is 32.4 Å². The number of hydrogen-bond donors (Lipinski definition) is 3.